The monoisotopic (exact) mass is 341 g/mol. The maximum atomic E-state index is 12.2. The van der Waals surface area contributed by atoms with Crippen LogP contribution in [0.5, 0.6) is 11.8 Å². The molecule has 1 heterocycles. The predicted molar refractivity (Wildman–Crippen MR) is 90.5 cm³/mol. The molecule has 1 saturated carbocycles. The molecule has 0 unspecified atom stereocenters. The Balaban J connectivity index is 1.65. The first-order valence-corrected chi connectivity index (χ1v) is 8.07. The fourth-order valence-electron chi connectivity index (χ4n) is 2.85. The molecule has 1 aliphatic rings. The van der Waals surface area contributed by atoms with Gasteiger partial charge < -0.3 is 15.2 Å². The zero-order valence-electron chi connectivity index (χ0n) is 13.9. The normalized spacial score (nSPS) is 15.1. The van der Waals surface area contributed by atoms with E-state index in [1.807, 2.05) is 6.92 Å². The van der Waals surface area contributed by atoms with E-state index in [2.05, 4.69) is 15.3 Å². The van der Waals surface area contributed by atoms with E-state index in [4.69, 9.17) is 4.74 Å². The van der Waals surface area contributed by atoms with E-state index in [-0.39, 0.29) is 18.3 Å². The molecule has 0 aliphatic heterocycles. The average Bonchev–Trinajstić information content (AvgIpc) is 2.54. The Kier molecular flexibility index (Phi) is 4.65. The molecule has 0 radical (unpaired) electrons. The summed E-state index contributed by atoms with van der Waals surface area (Å²) in [6, 6.07) is 7.13. The predicted octanol–water partition coefficient (Wildman–Crippen LogP) is 3.16. The van der Waals surface area contributed by atoms with Crippen LogP contribution in [0.25, 0.3) is 0 Å². The number of carboxylic acid groups (broad SMARTS) is 1. The molecular weight excluding hydrogens is 322 g/mol. The smallest absolute Gasteiger partial charge is 0.321 e. The highest BCUT2D eigenvalue weighted by molar-refractivity contribution is 5.95. The van der Waals surface area contributed by atoms with Gasteiger partial charge in [-0.25, -0.2) is 9.97 Å². The van der Waals surface area contributed by atoms with Gasteiger partial charge in [-0.3, -0.25) is 9.59 Å². The summed E-state index contributed by atoms with van der Waals surface area (Å²) in [7, 11) is 0. The van der Waals surface area contributed by atoms with Crippen LogP contribution in [0.4, 0.5) is 5.69 Å². The second-order valence-electron chi connectivity index (χ2n) is 6.27. The first-order valence-electron chi connectivity index (χ1n) is 8.07. The molecule has 0 atom stereocenters. The van der Waals surface area contributed by atoms with Crippen LogP contribution < -0.4 is 10.1 Å². The minimum absolute atomic E-state index is 0.00210. The van der Waals surface area contributed by atoms with Gasteiger partial charge in [0.15, 0.2) is 0 Å². The number of anilines is 1. The molecule has 3 rings (SSSR count). The molecular formula is C18H19N3O4. The number of carbonyl (C=O) groups is 2. The van der Waals surface area contributed by atoms with Crippen LogP contribution >= 0.6 is 0 Å². The van der Waals surface area contributed by atoms with Crippen molar-refractivity contribution >= 4 is 17.6 Å². The highest BCUT2D eigenvalue weighted by Crippen LogP contribution is 2.44. The van der Waals surface area contributed by atoms with Crippen molar-refractivity contribution in [1.82, 2.24) is 9.97 Å². The third kappa shape index (κ3) is 3.76. The lowest BCUT2D eigenvalue weighted by Gasteiger charge is -2.36. The van der Waals surface area contributed by atoms with Crippen LogP contribution in [0.1, 0.15) is 31.2 Å². The number of amides is 1. The number of nitrogens with zero attached hydrogens (tertiary/aromatic N) is 2. The van der Waals surface area contributed by atoms with Gasteiger partial charge in [-0.15, -0.1) is 0 Å². The largest absolute Gasteiger partial charge is 0.481 e. The first kappa shape index (κ1) is 16.9. The van der Waals surface area contributed by atoms with Gasteiger partial charge in [-0.1, -0.05) is 6.42 Å². The lowest BCUT2D eigenvalue weighted by molar-refractivity contribution is -0.157. The summed E-state index contributed by atoms with van der Waals surface area (Å²) in [5.41, 5.74) is 0.539. The summed E-state index contributed by atoms with van der Waals surface area (Å²) >= 11 is 0. The topological polar surface area (TPSA) is 101 Å². The fourth-order valence-corrected chi connectivity index (χ4v) is 2.85. The number of hydrogen-bond acceptors (Lipinski definition) is 5. The Morgan fingerprint density at radius 1 is 1.28 bits per heavy atom. The molecule has 0 bridgehead atoms. The second-order valence-corrected chi connectivity index (χ2v) is 6.27. The van der Waals surface area contributed by atoms with Crippen molar-refractivity contribution in [2.24, 2.45) is 5.41 Å². The van der Waals surface area contributed by atoms with E-state index < -0.39 is 11.4 Å². The standard InChI is InChI=1S/C18H19N3O4/c1-12-10-13(25-17-19-8-3-9-20-17)4-5-14(12)21-15(22)11-18(16(23)24)6-2-7-18/h3-5,8-10H,2,6-7,11H2,1H3,(H,21,22)(H,23,24). The van der Waals surface area contributed by atoms with E-state index in [1.54, 1.807) is 36.7 Å². The van der Waals surface area contributed by atoms with E-state index >= 15 is 0 Å². The van der Waals surface area contributed by atoms with Gasteiger partial charge in [0.25, 0.3) is 0 Å². The third-order valence-electron chi connectivity index (χ3n) is 4.49. The summed E-state index contributed by atoms with van der Waals surface area (Å²) in [6.45, 7) is 1.84. The van der Waals surface area contributed by atoms with E-state index in [0.29, 0.717) is 24.3 Å². The van der Waals surface area contributed by atoms with Gasteiger partial charge in [0.2, 0.25) is 5.91 Å². The number of benzene rings is 1. The van der Waals surface area contributed by atoms with Crippen molar-refractivity contribution in [3.8, 4) is 11.8 Å². The number of nitrogens with one attached hydrogen (secondary N) is 1. The third-order valence-corrected chi connectivity index (χ3v) is 4.49. The van der Waals surface area contributed by atoms with Crippen LogP contribution in [0.2, 0.25) is 0 Å². The SMILES string of the molecule is Cc1cc(Oc2ncccn2)ccc1NC(=O)CC1(C(=O)O)CCC1. The van der Waals surface area contributed by atoms with Crippen LogP contribution in [-0.4, -0.2) is 27.0 Å². The zero-order chi connectivity index (χ0) is 17.9. The maximum Gasteiger partial charge on any atom is 0.321 e. The van der Waals surface area contributed by atoms with E-state index in [9.17, 15) is 14.7 Å². The number of aliphatic carboxylic acids is 1. The van der Waals surface area contributed by atoms with Crippen molar-refractivity contribution in [1.29, 1.82) is 0 Å². The highest BCUT2D eigenvalue weighted by atomic mass is 16.5. The molecule has 2 N–H and O–H groups in total. The molecule has 1 aromatic heterocycles. The number of ether oxygens (including phenoxy) is 1. The molecule has 130 valence electrons. The molecule has 0 spiro atoms. The van der Waals surface area contributed by atoms with E-state index in [1.165, 1.54) is 0 Å². The molecule has 25 heavy (non-hydrogen) atoms. The molecule has 1 aliphatic carbocycles. The summed E-state index contributed by atoms with van der Waals surface area (Å²) in [4.78, 5) is 31.6. The lowest BCUT2D eigenvalue weighted by Crippen LogP contribution is -2.41. The fraction of sp³-hybridized carbons (Fsp3) is 0.333. The lowest BCUT2D eigenvalue weighted by atomic mass is 9.66. The van der Waals surface area contributed by atoms with Crippen molar-refractivity contribution in [3.63, 3.8) is 0 Å². The number of aromatic nitrogens is 2. The maximum absolute atomic E-state index is 12.2. The Morgan fingerprint density at radius 3 is 2.56 bits per heavy atom. The van der Waals surface area contributed by atoms with Crippen molar-refractivity contribution < 1.29 is 19.4 Å². The van der Waals surface area contributed by atoms with Gasteiger partial charge in [-0.2, -0.15) is 0 Å². The molecule has 1 fully saturated rings. The van der Waals surface area contributed by atoms with Crippen LogP contribution in [-0.2, 0) is 9.59 Å². The van der Waals surface area contributed by atoms with Gasteiger partial charge in [0.1, 0.15) is 5.75 Å². The zero-order valence-corrected chi connectivity index (χ0v) is 13.9. The Morgan fingerprint density at radius 2 is 2.00 bits per heavy atom. The van der Waals surface area contributed by atoms with Crippen molar-refractivity contribution in [2.45, 2.75) is 32.6 Å². The van der Waals surface area contributed by atoms with Crippen molar-refractivity contribution in [3.05, 3.63) is 42.2 Å². The molecule has 1 amide bonds. The van der Waals surface area contributed by atoms with Gasteiger partial charge >= 0.3 is 12.0 Å². The summed E-state index contributed by atoms with van der Waals surface area (Å²) in [5.74, 6) is -0.620. The average molecular weight is 341 g/mol. The molecule has 7 heteroatoms. The summed E-state index contributed by atoms with van der Waals surface area (Å²) < 4.78 is 5.55. The quantitative estimate of drug-likeness (QED) is 0.837. The van der Waals surface area contributed by atoms with Gasteiger partial charge in [-0.05, 0) is 49.6 Å². The Bertz CT molecular complexity index is 788. The second kappa shape index (κ2) is 6.88. The van der Waals surface area contributed by atoms with Crippen LogP contribution in [0, 0.1) is 12.3 Å². The van der Waals surface area contributed by atoms with Crippen LogP contribution in [0.15, 0.2) is 36.7 Å². The summed E-state index contributed by atoms with van der Waals surface area (Å²) in [5, 5.41) is 12.1. The van der Waals surface area contributed by atoms with E-state index in [0.717, 1.165) is 12.0 Å². The minimum Gasteiger partial charge on any atom is -0.481 e. The van der Waals surface area contributed by atoms with Crippen LogP contribution in [0.3, 0.4) is 0 Å². The molecule has 2 aromatic rings. The number of rotatable bonds is 6. The molecule has 7 nitrogen and oxygen atoms in total. The Labute approximate surface area is 145 Å². The molecule has 1 aromatic carbocycles. The highest BCUT2D eigenvalue weighted by Gasteiger charge is 2.45. The first-order chi connectivity index (χ1) is 12.0. The van der Waals surface area contributed by atoms with Gasteiger partial charge in [0.05, 0.1) is 5.41 Å². The minimum atomic E-state index is -0.897. The number of hydrogen-bond donors (Lipinski definition) is 2. The van der Waals surface area contributed by atoms with Gasteiger partial charge in [0, 0.05) is 24.5 Å². The number of carbonyl (C=O) groups excluding carboxylic acids is 1. The summed E-state index contributed by atoms with van der Waals surface area (Å²) in [6.07, 6.45) is 5.13. The Hall–Kier alpha value is -2.96. The number of carboxylic acids is 1. The van der Waals surface area contributed by atoms with Crippen molar-refractivity contribution in [2.75, 3.05) is 5.32 Å². The molecule has 0 saturated heterocycles. The number of aryl methyl sites for hydroxylation is 1.